The molecule has 0 saturated heterocycles. The normalized spacial score (nSPS) is 9.12. The van der Waals surface area contributed by atoms with Crippen LogP contribution in [0.1, 0.15) is 24.6 Å². The van der Waals surface area contributed by atoms with E-state index < -0.39 is 0 Å². The quantitative estimate of drug-likeness (QED) is 0.584. The molecule has 0 fully saturated rings. The largest absolute Gasteiger partial charge is 0.465 e. The van der Waals surface area contributed by atoms with E-state index in [4.69, 9.17) is 10.5 Å². The number of aryl methyl sites for hydroxylation is 1. The fourth-order valence-corrected chi connectivity index (χ4v) is 1.03. The number of esters is 1. The van der Waals surface area contributed by atoms with Gasteiger partial charge in [0, 0.05) is 6.20 Å². The smallest absolute Gasteiger partial charge is 0.317 e. The van der Waals surface area contributed by atoms with Crippen molar-refractivity contribution < 1.29 is 9.53 Å². The van der Waals surface area contributed by atoms with Crippen molar-refractivity contribution in [2.24, 2.45) is 0 Å². The number of carbonyl (C=O) groups is 1. The van der Waals surface area contributed by atoms with Gasteiger partial charge in [-0.3, -0.25) is 4.79 Å². The minimum atomic E-state index is -0.330. The Bertz CT molecular complexity index is 446. The second-order valence-electron chi connectivity index (χ2n) is 3.01. The van der Waals surface area contributed by atoms with Crippen molar-refractivity contribution in [3.8, 4) is 11.8 Å². The summed E-state index contributed by atoms with van der Waals surface area (Å²) in [5.41, 5.74) is 6.76. The van der Waals surface area contributed by atoms with E-state index in [9.17, 15) is 4.79 Å². The highest BCUT2D eigenvalue weighted by Gasteiger charge is 1.99. The Balaban J connectivity index is 2.66. The summed E-state index contributed by atoms with van der Waals surface area (Å²) in [4.78, 5) is 18.8. The highest BCUT2D eigenvalue weighted by molar-refractivity contribution is 5.72. The van der Waals surface area contributed by atoms with E-state index >= 15 is 0 Å². The molecule has 2 N–H and O–H groups in total. The Labute approximate surface area is 94.0 Å². The molecule has 0 amide bonds. The molecule has 0 radical (unpaired) electrons. The maximum atomic E-state index is 11.0. The maximum absolute atomic E-state index is 11.0. The molecule has 0 spiro atoms. The molecular weight excluding hydrogens is 206 g/mol. The molecule has 5 nitrogen and oxygen atoms in total. The molecule has 0 atom stereocenters. The van der Waals surface area contributed by atoms with Gasteiger partial charge < -0.3 is 10.5 Å². The van der Waals surface area contributed by atoms with Crippen LogP contribution in [-0.2, 0) is 9.53 Å². The summed E-state index contributed by atoms with van der Waals surface area (Å²) in [6.07, 6.45) is 1.60. The summed E-state index contributed by atoms with van der Waals surface area (Å²) < 4.78 is 4.74. The lowest BCUT2D eigenvalue weighted by atomic mass is 10.2. The Morgan fingerprint density at radius 3 is 3.00 bits per heavy atom. The molecule has 0 saturated carbocycles. The second-order valence-corrected chi connectivity index (χ2v) is 3.01. The van der Waals surface area contributed by atoms with Gasteiger partial charge in [-0.15, -0.1) is 0 Å². The number of nitrogens with zero attached hydrogens (tertiary/aromatic N) is 2. The zero-order valence-electron chi connectivity index (χ0n) is 9.28. The molecular formula is C11H13N3O2. The lowest BCUT2D eigenvalue weighted by Gasteiger charge is -1.97. The number of nitrogen functional groups attached to an aromatic ring is 1. The number of ether oxygens (including phenoxy) is 1. The van der Waals surface area contributed by atoms with Crippen molar-refractivity contribution in [3.63, 3.8) is 0 Å². The van der Waals surface area contributed by atoms with Crippen molar-refractivity contribution in [3.05, 3.63) is 17.5 Å². The van der Waals surface area contributed by atoms with E-state index in [-0.39, 0.29) is 18.3 Å². The highest BCUT2D eigenvalue weighted by atomic mass is 16.5. The number of nitrogens with two attached hydrogens (primary N) is 1. The first-order chi connectivity index (χ1) is 7.63. The molecule has 5 heteroatoms. The molecule has 0 aromatic carbocycles. The van der Waals surface area contributed by atoms with Gasteiger partial charge in [0.05, 0.1) is 17.9 Å². The molecule has 0 aliphatic rings. The summed E-state index contributed by atoms with van der Waals surface area (Å²) in [6.45, 7) is 3.90. The van der Waals surface area contributed by atoms with Gasteiger partial charge in [0.15, 0.2) is 0 Å². The Hall–Kier alpha value is -2.09. The number of hydrogen-bond donors (Lipinski definition) is 1. The number of carbonyl (C=O) groups excluding carboxylic acids is 1. The van der Waals surface area contributed by atoms with Crippen LogP contribution < -0.4 is 5.73 Å². The van der Waals surface area contributed by atoms with Gasteiger partial charge in [-0.1, -0.05) is 11.8 Å². The molecule has 1 aromatic rings. The highest BCUT2D eigenvalue weighted by Crippen LogP contribution is 2.02. The molecule has 1 heterocycles. The van der Waals surface area contributed by atoms with Crippen molar-refractivity contribution in [2.75, 3.05) is 12.3 Å². The third-order valence-corrected chi connectivity index (χ3v) is 1.76. The van der Waals surface area contributed by atoms with E-state index in [1.165, 1.54) is 6.20 Å². The molecule has 0 unspecified atom stereocenters. The fourth-order valence-electron chi connectivity index (χ4n) is 1.03. The van der Waals surface area contributed by atoms with Crippen molar-refractivity contribution >= 4 is 11.9 Å². The summed E-state index contributed by atoms with van der Waals surface area (Å²) in [7, 11) is 0. The van der Waals surface area contributed by atoms with Crippen LogP contribution in [0.3, 0.4) is 0 Å². The lowest BCUT2D eigenvalue weighted by Crippen LogP contribution is -2.02. The van der Waals surface area contributed by atoms with Gasteiger partial charge in [-0.25, -0.2) is 9.97 Å². The van der Waals surface area contributed by atoms with E-state index in [1.54, 1.807) is 13.8 Å². The van der Waals surface area contributed by atoms with E-state index in [2.05, 4.69) is 21.8 Å². The number of hydrogen-bond acceptors (Lipinski definition) is 5. The summed E-state index contributed by atoms with van der Waals surface area (Å²) in [6, 6.07) is 0. The van der Waals surface area contributed by atoms with Crippen molar-refractivity contribution in [1.82, 2.24) is 9.97 Å². The minimum absolute atomic E-state index is 0.0671. The molecule has 0 bridgehead atoms. The predicted molar refractivity (Wildman–Crippen MR) is 59.3 cm³/mol. The average molecular weight is 219 g/mol. The van der Waals surface area contributed by atoms with Crippen molar-refractivity contribution in [1.29, 1.82) is 0 Å². The zero-order chi connectivity index (χ0) is 12.0. The van der Waals surface area contributed by atoms with Crippen LogP contribution in [0.2, 0.25) is 0 Å². The van der Waals surface area contributed by atoms with E-state index in [1.807, 2.05) is 0 Å². The first kappa shape index (κ1) is 12.0. The molecule has 84 valence electrons. The minimum Gasteiger partial charge on any atom is -0.465 e. The fraction of sp³-hybridized carbons (Fsp3) is 0.364. The van der Waals surface area contributed by atoms with Gasteiger partial charge in [0.1, 0.15) is 6.42 Å². The van der Waals surface area contributed by atoms with E-state index in [0.717, 1.165) is 0 Å². The SMILES string of the molecule is CCOC(=O)CC#Cc1cnc(N)nc1C. The summed E-state index contributed by atoms with van der Waals surface area (Å²) >= 11 is 0. The molecule has 1 aromatic heterocycles. The zero-order valence-corrected chi connectivity index (χ0v) is 9.28. The topological polar surface area (TPSA) is 78.1 Å². The second kappa shape index (κ2) is 5.71. The Morgan fingerprint density at radius 1 is 1.62 bits per heavy atom. The molecule has 0 aliphatic heterocycles. The molecule has 1 rings (SSSR count). The van der Waals surface area contributed by atoms with Gasteiger partial charge in [0.25, 0.3) is 0 Å². The lowest BCUT2D eigenvalue weighted by molar-refractivity contribution is -0.141. The summed E-state index contributed by atoms with van der Waals surface area (Å²) in [5, 5.41) is 0. The third kappa shape index (κ3) is 3.58. The van der Waals surface area contributed by atoms with Crippen LogP contribution in [0.4, 0.5) is 5.95 Å². The number of rotatable bonds is 2. The standard InChI is InChI=1S/C11H13N3O2/c1-3-16-10(15)6-4-5-9-7-13-11(12)14-8(9)2/h7H,3,6H2,1-2H3,(H2,12,13,14). The van der Waals surface area contributed by atoms with Crippen LogP contribution in [0, 0.1) is 18.8 Å². The Kier molecular flexibility index (Phi) is 4.28. The molecule has 16 heavy (non-hydrogen) atoms. The Morgan fingerprint density at radius 2 is 2.38 bits per heavy atom. The average Bonchev–Trinajstić information content (AvgIpc) is 2.22. The monoisotopic (exact) mass is 219 g/mol. The van der Waals surface area contributed by atoms with E-state index in [0.29, 0.717) is 17.9 Å². The van der Waals surface area contributed by atoms with Gasteiger partial charge in [0.2, 0.25) is 5.95 Å². The first-order valence-electron chi connectivity index (χ1n) is 4.87. The van der Waals surface area contributed by atoms with Gasteiger partial charge >= 0.3 is 5.97 Å². The van der Waals surface area contributed by atoms with Gasteiger partial charge in [-0.05, 0) is 13.8 Å². The van der Waals surface area contributed by atoms with Crippen molar-refractivity contribution in [2.45, 2.75) is 20.3 Å². The molecule has 0 aliphatic carbocycles. The first-order valence-corrected chi connectivity index (χ1v) is 4.87. The summed E-state index contributed by atoms with van der Waals surface area (Å²) in [5.74, 6) is 5.39. The third-order valence-electron chi connectivity index (χ3n) is 1.76. The maximum Gasteiger partial charge on any atom is 0.317 e. The predicted octanol–water partition coefficient (Wildman–Crippen LogP) is 0.672. The van der Waals surface area contributed by atoms with Crippen LogP contribution in [0.5, 0.6) is 0 Å². The van der Waals surface area contributed by atoms with Crippen LogP contribution in [0.15, 0.2) is 6.20 Å². The number of aromatic nitrogens is 2. The van der Waals surface area contributed by atoms with Crippen LogP contribution in [-0.4, -0.2) is 22.5 Å². The number of anilines is 1. The van der Waals surface area contributed by atoms with Crippen LogP contribution in [0.25, 0.3) is 0 Å². The van der Waals surface area contributed by atoms with Crippen LogP contribution >= 0.6 is 0 Å². The van der Waals surface area contributed by atoms with Gasteiger partial charge in [-0.2, -0.15) is 0 Å².